The van der Waals surface area contributed by atoms with E-state index >= 15 is 0 Å². The summed E-state index contributed by atoms with van der Waals surface area (Å²) < 4.78 is 5.72. The Kier molecular flexibility index (Phi) is 3.74. The first-order valence-corrected chi connectivity index (χ1v) is 8.86. The summed E-state index contributed by atoms with van der Waals surface area (Å²) >= 11 is 0. The van der Waals surface area contributed by atoms with Gasteiger partial charge in [0, 0.05) is 22.9 Å². The van der Waals surface area contributed by atoms with Crippen LogP contribution in [0.25, 0.3) is 0 Å². The SMILES string of the molecule is O=C(O)C1CCC(NC(=O)[C@@H]2C[C@]23CCOc2ccccc23)CC1. The maximum absolute atomic E-state index is 12.7. The standard InChI is InChI=1S/C19H23NO4/c21-17(20-13-7-5-12(6-8-13)18(22)23)15-11-19(15)9-10-24-16-4-2-1-3-14(16)19/h1-4,12-13,15H,5-11H2,(H,20,21)(H,22,23)/t12?,13?,15-,19-/m0/s1. The average Bonchev–Trinajstić information content (AvgIpc) is 3.31. The van der Waals surface area contributed by atoms with Gasteiger partial charge in [0.15, 0.2) is 0 Å². The predicted molar refractivity (Wildman–Crippen MR) is 87.9 cm³/mol. The third-order valence-electron chi connectivity index (χ3n) is 6.04. The molecular weight excluding hydrogens is 306 g/mol. The smallest absolute Gasteiger partial charge is 0.306 e. The highest BCUT2D eigenvalue weighted by molar-refractivity contribution is 5.85. The number of carboxylic acids is 1. The van der Waals surface area contributed by atoms with Crippen LogP contribution in [0.1, 0.15) is 44.1 Å². The van der Waals surface area contributed by atoms with Crippen LogP contribution in [-0.2, 0) is 15.0 Å². The van der Waals surface area contributed by atoms with Crippen molar-refractivity contribution in [1.29, 1.82) is 0 Å². The largest absolute Gasteiger partial charge is 0.493 e. The molecule has 2 aliphatic carbocycles. The lowest BCUT2D eigenvalue weighted by atomic mass is 9.85. The number of rotatable bonds is 3. The van der Waals surface area contributed by atoms with E-state index in [1.165, 1.54) is 5.56 Å². The Morgan fingerprint density at radius 1 is 1.17 bits per heavy atom. The van der Waals surface area contributed by atoms with Crippen molar-refractivity contribution in [3.63, 3.8) is 0 Å². The summed E-state index contributed by atoms with van der Waals surface area (Å²) in [5, 5.41) is 12.2. The zero-order chi connectivity index (χ0) is 16.7. The molecule has 2 atom stereocenters. The molecule has 128 valence electrons. The molecule has 1 spiro atoms. The maximum atomic E-state index is 12.7. The Balaban J connectivity index is 1.39. The van der Waals surface area contributed by atoms with Crippen molar-refractivity contribution in [2.45, 2.75) is 50.0 Å². The minimum atomic E-state index is -0.709. The van der Waals surface area contributed by atoms with E-state index in [1.807, 2.05) is 18.2 Å². The summed E-state index contributed by atoms with van der Waals surface area (Å²) in [5.41, 5.74) is 1.13. The van der Waals surface area contributed by atoms with Gasteiger partial charge in [0.1, 0.15) is 5.75 Å². The molecule has 1 amide bonds. The first-order valence-electron chi connectivity index (χ1n) is 8.86. The number of nitrogens with one attached hydrogen (secondary N) is 1. The molecule has 24 heavy (non-hydrogen) atoms. The zero-order valence-electron chi connectivity index (χ0n) is 13.7. The van der Waals surface area contributed by atoms with Gasteiger partial charge in [-0.2, -0.15) is 0 Å². The van der Waals surface area contributed by atoms with Gasteiger partial charge in [-0.25, -0.2) is 0 Å². The highest BCUT2D eigenvalue weighted by atomic mass is 16.5. The van der Waals surface area contributed by atoms with Gasteiger partial charge in [0.25, 0.3) is 0 Å². The van der Waals surface area contributed by atoms with E-state index < -0.39 is 5.97 Å². The van der Waals surface area contributed by atoms with Gasteiger partial charge in [-0.15, -0.1) is 0 Å². The minimum absolute atomic E-state index is 0.0275. The van der Waals surface area contributed by atoms with Gasteiger partial charge in [-0.1, -0.05) is 18.2 Å². The quantitative estimate of drug-likeness (QED) is 0.893. The zero-order valence-corrected chi connectivity index (χ0v) is 13.7. The lowest BCUT2D eigenvalue weighted by Crippen LogP contribution is -2.41. The van der Waals surface area contributed by atoms with Crippen LogP contribution in [0.4, 0.5) is 0 Å². The monoisotopic (exact) mass is 329 g/mol. The highest BCUT2D eigenvalue weighted by Crippen LogP contribution is 2.60. The Labute approximate surface area is 141 Å². The number of ether oxygens (including phenoxy) is 1. The third kappa shape index (κ3) is 2.56. The number of benzene rings is 1. The van der Waals surface area contributed by atoms with Crippen molar-refractivity contribution in [3.05, 3.63) is 29.8 Å². The van der Waals surface area contributed by atoms with E-state index in [0.717, 1.165) is 31.4 Å². The van der Waals surface area contributed by atoms with E-state index in [-0.39, 0.29) is 29.2 Å². The second-order valence-corrected chi connectivity index (χ2v) is 7.40. The number of fused-ring (bicyclic) bond motifs is 2. The van der Waals surface area contributed by atoms with Crippen LogP contribution < -0.4 is 10.1 Å². The molecular formula is C19H23NO4. The molecule has 0 unspecified atom stereocenters. The molecule has 3 aliphatic rings. The van der Waals surface area contributed by atoms with Gasteiger partial charge in [-0.3, -0.25) is 9.59 Å². The number of hydrogen-bond donors (Lipinski definition) is 2. The molecule has 1 aliphatic heterocycles. The Morgan fingerprint density at radius 3 is 2.67 bits per heavy atom. The van der Waals surface area contributed by atoms with Crippen LogP contribution in [0.3, 0.4) is 0 Å². The maximum Gasteiger partial charge on any atom is 0.306 e. The number of hydrogen-bond acceptors (Lipinski definition) is 3. The fourth-order valence-electron chi connectivity index (χ4n) is 4.49. The number of carbonyl (C=O) groups excluding carboxylic acids is 1. The van der Waals surface area contributed by atoms with Crippen molar-refractivity contribution in [2.24, 2.45) is 11.8 Å². The molecule has 2 saturated carbocycles. The lowest BCUT2D eigenvalue weighted by molar-refractivity contribution is -0.142. The second kappa shape index (κ2) is 5.80. The fourth-order valence-corrected chi connectivity index (χ4v) is 4.49. The van der Waals surface area contributed by atoms with E-state index in [1.54, 1.807) is 0 Å². The topological polar surface area (TPSA) is 75.6 Å². The molecule has 0 bridgehead atoms. The number of carboxylic acid groups (broad SMARTS) is 1. The summed E-state index contributed by atoms with van der Waals surface area (Å²) in [5.74, 6) is 0.124. The van der Waals surface area contributed by atoms with Crippen molar-refractivity contribution in [1.82, 2.24) is 5.32 Å². The number of amides is 1. The van der Waals surface area contributed by atoms with Crippen LogP contribution in [0, 0.1) is 11.8 Å². The van der Waals surface area contributed by atoms with Crippen LogP contribution in [-0.4, -0.2) is 29.6 Å². The summed E-state index contributed by atoms with van der Waals surface area (Å²) in [6, 6.07) is 8.17. The molecule has 5 nitrogen and oxygen atoms in total. The summed E-state index contributed by atoms with van der Waals surface area (Å²) in [6.45, 7) is 0.671. The molecule has 1 aromatic rings. The molecule has 0 saturated heterocycles. The van der Waals surface area contributed by atoms with Gasteiger partial charge in [0.2, 0.25) is 5.91 Å². The Hall–Kier alpha value is -2.04. The van der Waals surface area contributed by atoms with Gasteiger partial charge in [-0.05, 0) is 44.6 Å². The molecule has 5 heteroatoms. The lowest BCUT2D eigenvalue weighted by Gasteiger charge is -2.29. The van der Waals surface area contributed by atoms with E-state index in [0.29, 0.717) is 19.4 Å². The van der Waals surface area contributed by atoms with Gasteiger partial charge in [0.05, 0.1) is 12.5 Å². The fraction of sp³-hybridized carbons (Fsp3) is 0.579. The Morgan fingerprint density at radius 2 is 1.92 bits per heavy atom. The number of carbonyl (C=O) groups is 2. The van der Waals surface area contributed by atoms with Crippen molar-refractivity contribution in [3.8, 4) is 5.75 Å². The van der Waals surface area contributed by atoms with Crippen molar-refractivity contribution >= 4 is 11.9 Å². The van der Waals surface area contributed by atoms with Crippen molar-refractivity contribution in [2.75, 3.05) is 6.61 Å². The molecule has 2 N–H and O–H groups in total. The van der Waals surface area contributed by atoms with Crippen LogP contribution in [0.15, 0.2) is 24.3 Å². The molecule has 4 rings (SSSR count). The minimum Gasteiger partial charge on any atom is -0.493 e. The first-order chi connectivity index (χ1) is 11.6. The molecule has 2 fully saturated rings. The van der Waals surface area contributed by atoms with Crippen LogP contribution in [0.2, 0.25) is 0 Å². The average molecular weight is 329 g/mol. The summed E-state index contributed by atoms with van der Waals surface area (Å²) in [4.78, 5) is 23.7. The van der Waals surface area contributed by atoms with Crippen molar-refractivity contribution < 1.29 is 19.4 Å². The third-order valence-corrected chi connectivity index (χ3v) is 6.04. The molecule has 1 aromatic carbocycles. The van der Waals surface area contributed by atoms with Gasteiger partial charge >= 0.3 is 5.97 Å². The van der Waals surface area contributed by atoms with Crippen LogP contribution >= 0.6 is 0 Å². The molecule has 0 radical (unpaired) electrons. The van der Waals surface area contributed by atoms with E-state index in [2.05, 4.69) is 11.4 Å². The first kappa shape index (κ1) is 15.5. The summed E-state index contributed by atoms with van der Waals surface area (Å²) in [6.07, 6.45) is 4.64. The summed E-state index contributed by atoms with van der Waals surface area (Å²) in [7, 11) is 0. The number of para-hydroxylation sites is 1. The van der Waals surface area contributed by atoms with E-state index in [4.69, 9.17) is 9.84 Å². The Bertz CT molecular complexity index is 665. The van der Waals surface area contributed by atoms with Gasteiger partial charge < -0.3 is 15.2 Å². The molecule has 1 heterocycles. The second-order valence-electron chi connectivity index (χ2n) is 7.40. The number of aliphatic carboxylic acids is 1. The predicted octanol–water partition coefficient (Wildman–Crippen LogP) is 2.49. The highest BCUT2D eigenvalue weighted by Gasteiger charge is 2.61. The van der Waals surface area contributed by atoms with Crippen LogP contribution in [0.5, 0.6) is 5.75 Å². The normalized spacial score (nSPS) is 34.1. The molecule has 0 aromatic heterocycles. The van der Waals surface area contributed by atoms with E-state index in [9.17, 15) is 9.59 Å².